The predicted molar refractivity (Wildman–Crippen MR) is 63.6 cm³/mol. The first-order valence-electron chi connectivity index (χ1n) is 4.84. The topological polar surface area (TPSA) is 32.9 Å². The molecular weight excluding hydrogens is 206 g/mol. The van der Waals surface area contributed by atoms with Crippen LogP contribution < -0.4 is 0 Å². The molecule has 0 aromatic carbocycles. The van der Waals surface area contributed by atoms with Gasteiger partial charge in [-0.2, -0.15) is 11.3 Å². The molecule has 0 unspecified atom stereocenters. The number of aromatic nitrogens is 1. The zero-order chi connectivity index (χ0) is 11.0. The molecule has 0 spiro atoms. The summed E-state index contributed by atoms with van der Waals surface area (Å²) in [5.41, 5.74) is 5.07. The van der Waals surface area contributed by atoms with Crippen molar-refractivity contribution in [2.24, 2.45) is 0 Å². The Kier molecular flexibility index (Phi) is 2.49. The molecule has 15 heavy (non-hydrogen) atoms. The summed E-state index contributed by atoms with van der Waals surface area (Å²) in [5, 5.41) is 4.13. The van der Waals surface area contributed by atoms with Crippen molar-refractivity contribution in [2.45, 2.75) is 20.8 Å². The van der Waals surface area contributed by atoms with Crippen LogP contribution in [-0.2, 0) is 0 Å². The lowest BCUT2D eigenvalue weighted by Gasteiger charge is -1.97. The molecule has 2 heterocycles. The minimum Gasteiger partial charge on any atom is -0.358 e. The van der Waals surface area contributed by atoms with Crippen molar-refractivity contribution in [3.8, 4) is 11.3 Å². The second-order valence-electron chi connectivity index (χ2n) is 3.69. The van der Waals surface area contributed by atoms with E-state index in [0.717, 1.165) is 28.1 Å². The number of hydrogen-bond acceptors (Lipinski definition) is 2. The summed E-state index contributed by atoms with van der Waals surface area (Å²) in [6, 6.07) is 2.06. The summed E-state index contributed by atoms with van der Waals surface area (Å²) in [5.74, 6) is 0.128. The molecule has 0 saturated carbocycles. The molecule has 78 valence electrons. The second-order valence-corrected chi connectivity index (χ2v) is 4.47. The van der Waals surface area contributed by atoms with Crippen LogP contribution in [0.4, 0.5) is 0 Å². The molecule has 0 bridgehead atoms. The number of Topliss-reactive ketones (excluding diaryl/α,β-unsaturated/α-hetero) is 1. The molecule has 2 aromatic rings. The summed E-state index contributed by atoms with van der Waals surface area (Å²) in [6.45, 7) is 5.55. The maximum absolute atomic E-state index is 11.5. The Morgan fingerprint density at radius 3 is 2.60 bits per heavy atom. The summed E-state index contributed by atoms with van der Waals surface area (Å²) in [4.78, 5) is 14.7. The van der Waals surface area contributed by atoms with Crippen molar-refractivity contribution >= 4 is 17.1 Å². The van der Waals surface area contributed by atoms with E-state index < -0.39 is 0 Å². The number of carbonyl (C=O) groups is 1. The van der Waals surface area contributed by atoms with Gasteiger partial charge in [-0.05, 0) is 37.8 Å². The fraction of sp³-hybridized carbons (Fsp3) is 0.250. The number of aryl methyl sites for hydroxylation is 1. The molecule has 2 nitrogen and oxygen atoms in total. The summed E-state index contributed by atoms with van der Waals surface area (Å²) in [7, 11) is 0. The fourth-order valence-electron chi connectivity index (χ4n) is 1.97. The molecule has 2 aromatic heterocycles. The molecule has 0 aliphatic rings. The molecule has 1 N–H and O–H groups in total. The molecule has 2 rings (SSSR count). The van der Waals surface area contributed by atoms with E-state index in [2.05, 4.69) is 16.4 Å². The highest BCUT2D eigenvalue weighted by molar-refractivity contribution is 7.08. The number of carbonyl (C=O) groups excluding carboxylic acids is 1. The van der Waals surface area contributed by atoms with Gasteiger partial charge in [-0.25, -0.2) is 0 Å². The van der Waals surface area contributed by atoms with Crippen LogP contribution in [-0.4, -0.2) is 10.8 Å². The molecule has 0 aliphatic heterocycles. The maximum atomic E-state index is 11.5. The van der Waals surface area contributed by atoms with E-state index in [4.69, 9.17) is 0 Å². The number of thiophene rings is 1. The highest BCUT2D eigenvalue weighted by Gasteiger charge is 2.15. The van der Waals surface area contributed by atoms with Crippen LogP contribution in [0.25, 0.3) is 11.3 Å². The van der Waals surface area contributed by atoms with E-state index in [-0.39, 0.29) is 5.78 Å². The number of aromatic amines is 1. The molecule has 0 saturated heterocycles. The van der Waals surface area contributed by atoms with Gasteiger partial charge in [0.1, 0.15) is 0 Å². The van der Waals surface area contributed by atoms with E-state index in [0.29, 0.717) is 0 Å². The first-order valence-corrected chi connectivity index (χ1v) is 5.78. The molecule has 0 atom stereocenters. The third-order valence-corrected chi connectivity index (χ3v) is 3.28. The van der Waals surface area contributed by atoms with Gasteiger partial charge in [0.05, 0.1) is 5.69 Å². The Labute approximate surface area is 93.0 Å². The van der Waals surface area contributed by atoms with Crippen LogP contribution in [0.1, 0.15) is 28.5 Å². The van der Waals surface area contributed by atoms with Gasteiger partial charge in [-0.15, -0.1) is 0 Å². The molecule has 3 heteroatoms. The first kappa shape index (κ1) is 10.2. The van der Waals surface area contributed by atoms with Crippen molar-refractivity contribution in [2.75, 3.05) is 0 Å². The molecule has 0 radical (unpaired) electrons. The van der Waals surface area contributed by atoms with Crippen LogP contribution in [0, 0.1) is 13.8 Å². The van der Waals surface area contributed by atoms with Crippen LogP contribution in [0.5, 0.6) is 0 Å². The quantitative estimate of drug-likeness (QED) is 0.770. The number of nitrogens with one attached hydrogen (secondary N) is 1. The summed E-state index contributed by atoms with van der Waals surface area (Å²) in [6.07, 6.45) is 0. The van der Waals surface area contributed by atoms with Gasteiger partial charge in [0, 0.05) is 22.2 Å². The van der Waals surface area contributed by atoms with Crippen LogP contribution in [0.3, 0.4) is 0 Å². The predicted octanol–water partition coefficient (Wildman–Crippen LogP) is 3.56. The zero-order valence-electron chi connectivity index (χ0n) is 9.05. The molecule has 0 amide bonds. The van der Waals surface area contributed by atoms with Crippen molar-refractivity contribution in [3.05, 3.63) is 33.6 Å². The van der Waals surface area contributed by atoms with Crippen molar-refractivity contribution in [1.82, 2.24) is 4.98 Å². The van der Waals surface area contributed by atoms with E-state index in [1.165, 1.54) is 0 Å². The van der Waals surface area contributed by atoms with E-state index in [1.807, 2.05) is 19.2 Å². The number of ketones is 1. The van der Waals surface area contributed by atoms with Gasteiger partial charge in [-0.1, -0.05) is 0 Å². The summed E-state index contributed by atoms with van der Waals surface area (Å²) >= 11 is 1.66. The van der Waals surface area contributed by atoms with Crippen LogP contribution >= 0.6 is 11.3 Å². The number of rotatable bonds is 2. The Morgan fingerprint density at radius 2 is 2.13 bits per heavy atom. The van der Waals surface area contributed by atoms with Crippen LogP contribution in [0.2, 0.25) is 0 Å². The SMILES string of the molecule is CC(=O)c1c(C)[nH]c(-c2ccsc2)c1C. The van der Waals surface area contributed by atoms with E-state index >= 15 is 0 Å². The molecule has 0 fully saturated rings. The van der Waals surface area contributed by atoms with Gasteiger partial charge in [0.25, 0.3) is 0 Å². The minimum absolute atomic E-state index is 0.128. The Hall–Kier alpha value is -1.35. The molecule has 0 aliphatic carbocycles. The number of hydrogen-bond donors (Lipinski definition) is 1. The maximum Gasteiger partial charge on any atom is 0.161 e. The Morgan fingerprint density at radius 1 is 1.40 bits per heavy atom. The minimum atomic E-state index is 0.128. The lowest BCUT2D eigenvalue weighted by Crippen LogP contribution is -1.94. The average molecular weight is 219 g/mol. The first-order chi connectivity index (χ1) is 7.11. The van der Waals surface area contributed by atoms with Crippen molar-refractivity contribution in [1.29, 1.82) is 0 Å². The number of H-pyrrole nitrogens is 1. The van der Waals surface area contributed by atoms with Crippen LogP contribution in [0.15, 0.2) is 16.8 Å². The Bertz CT molecular complexity index is 494. The van der Waals surface area contributed by atoms with Crippen molar-refractivity contribution in [3.63, 3.8) is 0 Å². The van der Waals surface area contributed by atoms with Gasteiger partial charge in [-0.3, -0.25) is 4.79 Å². The highest BCUT2D eigenvalue weighted by Crippen LogP contribution is 2.28. The molecular formula is C12H13NOS. The highest BCUT2D eigenvalue weighted by atomic mass is 32.1. The van der Waals surface area contributed by atoms with Gasteiger partial charge in [0.2, 0.25) is 0 Å². The average Bonchev–Trinajstić information content (AvgIpc) is 2.72. The lowest BCUT2D eigenvalue weighted by atomic mass is 10.0. The van der Waals surface area contributed by atoms with E-state index in [9.17, 15) is 4.79 Å². The third-order valence-electron chi connectivity index (χ3n) is 2.60. The largest absolute Gasteiger partial charge is 0.358 e. The lowest BCUT2D eigenvalue weighted by molar-refractivity contribution is 0.101. The Balaban J connectivity index is 2.61. The van der Waals surface area contributed by atoms with E-state index in [1.54, 1.807) is 18.3 Å². The van der Waals surface area contributed by atoms with Gasteiger partial charge in [0.15, 0.2) is 5.78 Å². The second kappa shape index (κ2) is 3.66. The smallest absolute Gasteiger partial charge is 0.161 e. The standard InChI is InChI=1S/C12H13NOS/c1-7-11(9(3)14)8(2)13-12(7)10-4-5-15-6-10/h4-6,13H,1-3H3. The third kappa shape index (κ3) is 1.63. The zero-order valence-corrected chi connectivity index (χ0v) is 9.87. The van der Waals surface area contributed by atoms with Gasteiger partial charge >= 0.3 is 0 Å². The fourth-order valence-corrected chi connectivity index (χ4v) is 2.62. The normalized spacial score (nSPS) is 10.6. The monoisotopic (exact) mass is 219 g/mol. The van der Waals surface area contributed by atoms with Gasteiger partial charge < -0.3 is 4.98 Å². The summed E-state index contributed by atoms with van der Waals surface area (Å²) < 4.78 is 0. The van der Waals surface area contributed by atoms with Crippen molar-refractivity contribution < 1.29 is 4.79 Å².